The highest BCUT2D eigenvalue weighted by Gasteiger charge is 2.28. The van der Waals surface area contributed by atoms with Gasteiger partial charge >= 0.3 is 6.09 Å². The van der Waals surface area contributed by atoms with Gasteiger partial charge in [-0.05, 0) is 18.4 Å². The highest BCUT2D eigenvalue weighted by atomic mass is 16.5. The number of hydrogen-bond donors (Lipinski definition) is 2. The first kappa shape index (κ1) is 11.0. The van der Waals surface area contributed by atoms with E-state index in [0.717, 1.165) is 18.4 Å². The lowest BCUT2D eigenvalue weighted by Crippen LogP contribution is -2.54. The molecular weight excluding hydrogens is 204 g/mol. The third-order valence-electron chi connectivity index (χ3n) is 2.84. The Kier molecular flexibility index (Phi) is 3.41. The summed E-state index contributed by atoms with van der Waals surface area (Å²) in [4.78, 5) is 11.4. The van der Waals surface area contributed by atoms with Gasteiger partial charge in [-0.25, -0.2) is 4.79 Å². The molecule has 4 nitrogen and oxygen atoms in total. The van der Waals surface area contributed by atoms with E-state index in [4.69, 9.17) is 10.5 Å². The maximum Gasteiger partial charge on any atom is 0.407 e. The van der Waals surface area contributed by atoms with Gasteiger partial charge in [0.15, 0.2) is 0 Å². The number of alkyl carbamates (subject to hydrolysis) is 1. The Labute approximate surface area is 94.8 Å². The van der Waals surface area contributed by atoms with E-state index in [1.165, 1.54) is 0 Å². The average Bonchev–Trinajstić information content (AvgIpc) is 2.33. The number of nitrogens with two attached hydrogens (primary N) is 1. The van der Waals surface area contributed by atoms with Gasteiger partial charge in [0.2, 0.25) is 0 Å². The fourth-order valence-corrected chi connectivity index (χ4v) is 1.62. The van der Waals surface area contributed by atoms with Crippen LogP contribution >= 0.6 is 0 Å². The van der Waals surface area contributed by atoms with E-state index in [-0.39, 0.29) is 18.2 Å². The lowest BCUT2D eigenvalue weighted by molar-refractivity contribution is 0.127. The smallest absolute Gasteiger partial charge is 0.407 e. The Balaban J connectivity index is 1.72. The van der Waals surface area contributed by atoms with E-state index in [1.807, 2.05) is 30.3 Å². The molecule has 0 bridgehead atoms. The molecule has 1 aromatic rings. The summed E-state index contributed by atoms with van der Waals surface area (Å²) in [6, 6.07) is 9.77. The molecule has 2 rings (SSSR count). The largest absolute Gasteiger partial charge is 0.445 e. The quantitative estimate of drug-likeness (QED) is 0.809. The van der Waals surface area contributed by atoms with Crippen LogP contribution in [0.4, 0.5) is 4.79 Å². The minimum atomic E-state index is -0.385. The van der Waals surface area contributed by atoms with Gasteiger partial charge in [-0.1, -0.05) is 30.3 Å². The summed E-state index contributed by atoms with van der Waals surface area (Å²) < 4.78 is 5.08. The molecule has 16 heavy (non-hydrogen) atoms. The van der Waals surface area contributed by atoms with Gasteiger partial charge in [-0.2, -0.15) is 0 Å². The minimum Gasteiger partial charge on any atom is -0.445 e. The molecule has 1 amide bonds. The SMILES string of the molecule is N[C@H]1CC[C@H]1NC(=O)OCc1ccccc1. The van der Waals surface area contributed by atoms with Crippen LogP contribution in [0.15, 0.2) is 30.3 Å². The van der Waals surface area contributed by atoms with Crippen LogP contribution in [0.1, 0.15) is 18.4 Å². The van der Waals surface area contributed by atoms with E-state index in [9.17, 15) is 4.79 Å². The van der Waals surface area contributed by atoms with Crippen LogP contribution in [0.2, 0.25) is 0 Å². The molecule has 0 unspecified atom stereocenters. The summed E-state index contributed by atoms with van der Waals surface area (Å²) >= 11 is 0. The van der Waals surface area contributed by atoms with E-state index >= 15 is 0 Å². The van der Waals surface area contributed by atoms with E-state index in [1.54, 1.807) is 0 Å². The summed E-state index contributed by atoms with van der Waals surface area (Å²) in [7, 11) is 0. The second-order valence-electron chi connectivity index (χ2n) is 4.05. The van der Waals surface area contributed by atoms with Crippen molar-refractivity contribution in [3.8, 4) is 0 Å². The zero-order valence-corrected chi connectivity index (χ0v) is 9.06. The third-order valence-corrected chi connectivity index (χ3v) is 2.84. The molecule has 1 aliphatic carbocycles. The molecule has 1 aliphatic rings. The number of rotatable bonds is 3. The third kappa shape index (κ3) is 2.73. The Morgan fingerprint density at radius 2 is 2.12 bits per heavy atom. The maximum absolute atomic E-state index is 11.4. The first-order chi connectivity index (χ1) is 7.75. The summed E-state index contributed by atoms with van der Waals surface area (Å²) in [6.07, 6.45) is 1.54. The average molecular weight is 220 g/mol. The molecule has 1 saturated carbocycles. The van der Waals surface area contributed by atoms with Gasteiger partial charge in [-0.3, -0.25) is 0 Å². The van der Waals surface area contributed by atoms with Crippen LogP contribution in [0.5, 0.6) is 0 Å². The molecule has 0 spiro atoms. The van der Waals surface area contributed by atoms with E-state index in [0.29, 0.717) is 6.61 Å². The standard InChI is InChI=1S/C12H16N2O2/c13-10-6-7-11(10)14-12(15)16-8-9-4-2-1-3-5-9/h1-5,10-11H,6-8,13H2,(H,14,15)/t10-,11+/m0/s1. The van der Waals surface area contributed by atoms with Crippen molar-refractivity contribution >= 4 is 6.09 Å². The molecule has 0 heterocycles. The van der Waals surface area contributed by atoms with Crippen molar-refractivity contribution in [2.75, 3.05) is 0 Å². The van der Waals surface area contributed by atoms with Gasteiger partial charge < -0.3 is 15.8 Å². The Hall–Kier alpha value is -1.55. The van der Waals surface area contributed by atoms with E-state index < -0.39 is 0 Å². The number of amides is 1. The zero-order chi connectivity index (χ0) is 11.4. The molecule has 0 saturated heterocycles. The van der Waals surface area contributed by atoms with Crippen LogP contribution in [0, 0.1) is 0 Å². The molecule has 0 radical (unpaired) electrons. The van der Waals surface area contributed by atoms with Crippen molar-refractivity contribution in [2.24, 2.45) is 5.73 Å². The first-order valence-corrected chi connectivity index (χ1v) is 5.48. The Morgan fingerprint density at radius 1 is 1.38 bits per heavy atom. The second-order valence-corrected chi connectivity index (χ2v) is 4.05. The van der Waals surface area contributed by atoms with Crippen LogP contribution in [0.25, 0.3) is 0 Å². The van der Waals surface area contributed by atoms with Gasteiger partial charge in [0.05, 0.1) is 0 Å². The minimum absolute atomic E-state index is 0.0864. The number of carbonyl (C=O) groups excluding carboxylic acids is 1. The van der Waals surface area contributed by atoms with Crippen molar-refractivity contribution in [1.82, 2.24) is 5.32 Å². The van der Waals surface area contributed by atoms with Gasteiger partial charge in [-0.15, -0.1) is 0 Å². The fourth-order valence-electron chi connectivity index (χ4n) is 1.62. The van der Waals surface area contributed by atoms with E-state index in [2.05, 4.69) is 5.32 Å². The number of hydrogen-bond acceptors (Lipinski definition) is 3. The fraction of sp³-hybridized carbons (Fsp3) is 0.417. The highest BCUT2D eigenvalue weighted by molar-refractivity contribution is 5.67. The monoisotopic (exact) mass is 220 g/mol. The number of carbonyl (C=O) groups is 1. The van der Waals surface area contributed by atoms with Crippen molar-refractivity contribution in [1.29, 1.82) is 0 Å². The maximum atomic E-state index is 11.4. The predicted molar refractivity (Wildman–Crippen MR) is 60.8 cm³/mol. The van der Waals surface area contributed by atoms with Crippen LogP contribution in [-0.4, -0.2) is 18.2 Å². The summed E-state index contributed by atoms with van der Waals surface area (Å²) in [5.74, 6) is 0. The molecule has 3 N–H and O–H groups in total. The number of nitrogens with one attached hydrogen (secondary N) is 1. The normalized spacial score (nSPS) is 23.3. The molecular formula is C12H16N2O2. The van der Waals surface area contributed by atoms with Gasteiger partial charge in [0, 0.05) is 12.1 Å². The predicted octanol–water partition coefficient (Wildman–Crippen LogP) is 1.40. The van der Waals surface area contributed by atoms with Crippen LogP contribution < -0.4 is 11.1 Å². The molecule has 4 heteroatoms. The van der Waals surface area contributed by atoms with Crippen LogP contribution in [-0.2, 0) is 11.3 Å². The summed E-state index contributed by atoms with van der Waals surface area (Å²) in [6.45, 7) is 0.300. The Bertz CT molecular complexity index is 353. The molecule has 1 aromatic carbocycles. The molecule has 2 atom stereocenters. The summed E-state index contributed by atoms with van der Waals surface area (Å²) in [5.41, 5.74) is 6.69. The second kappa shape index (κ2) is 4.99. The highest BCUT2D eigenvalue weighted by Crippen LogP contribution is 2.17. The van der Waals surface area contributed by atoms with Crippen molar-refractivity contribution in [3.63, 3.8) is 0 Å². The molecule has 1 fully saturated rings. The number of ether oxygens (including phenoxy) is 1. The van der Waals surface area contributed by atoms with Crippen molar-refractivity contribution in [2.45, 2.75) is 31.5 Å². The van der Waals surface area contributed by atoms with Crippen molar-refractivity contribution in [3.05, 3.63) is 35.9 Å². The van der Waals surface area contributed by atoms with Crippen molar-refractivity contribution < 1.29 is 9.53 Å². The van der Waals surface area contributed by atoms with Gasteiger partial charge in [0.25, 0.3) is 0 Å². The lowest BCUT2D eigenvalue weighted by Gasteiger charge is -2.33. The zero-order valence-electron chi connectivity index (χ0n) is 9.06. The Morgan fingerprint density at radius 3 is 2.69 bits per heavy atom. The molecule has 86 valence electrons. The topological polar surface area (TPSA) is 64.3 Å². The molecule has 0 aromatic heterocycles. The molecule has 0 aliphatic heterocycles. The summed E-state index contributed by atoms with van der Waals surface area (Å²) in [5, 5.41) is 2.75. The van der Waals surface area contributed by atoms with Gasteiger partial charge in [0.1, 0.15) is 6.61 Å². The number of benzene rings is 1. The van der Waals surface area contributed by atoms with Crippen LogP contribution in [0.3, 0.4) is 0 Å². The first-order valence-electron chi connectivity index (χ1n) is 5.48. The lowest BCUT2D eigenvalue weighted by atomic mass is 9.87.